The smallest absolute Gasteiger partial charge is 0.240 e. The minimum atomic E-state index is -3.59. The van der Waals surface area contributed by atoms with E-state index in [0.717, 1.165) is 4.88 Å². The van der Waals surface area contributed by atoms with Gasteiger partial charge in [0.25, 0.3) is 0 Å². The molecular formula is C12H14N2O3S2. The van der Waals surface area contributed by atoms with Gasteiger partial charge in [0, 0.05) is 11.4 Å². The zero-order valence-corrected chi connectivity index (χ0v) is 11.7. The van der Waals surface area contributed by atoms with Gasteiger partial charge in [-0.2, -0.15) is 0 Å². The van der Waals surface area contributed by atoms with Crippen LogP contribution in [0.5, 0.6) is 5.75 Å². The van der Waals surface area contributed by atoms with Crippen molar-refractivity contribution in [2.24, 2.45) is 0 Å². The summed E-state index contributed by atoms with van der Waals surface area (Å²) in [7, 11) is -3.59. The molecule has 7 heteroatoms. The number of phenolic OH excluding ortho intramolecular Hbond substituents is 1. The first-order valence-electron chi connectivity index (χ1n) is 5.59. The van der Waals surface area contributed by atoms with E-state index < -0.39 is 10.0 Å². The number of hydrogen-bond donors (Lipinski definition) is 3. The Balaban J connectivity index is 2.03. The first kappa shape index (κ1) is 13.9. The van der Waals surface area contributed by atoms with Crippen LogP contribution in [0, 0.1) is 0 Å². The van der Waals surface area contributed by atoms with Gasteiger partial charge in [-0.05, 0) is 36.1 Å². The predicted molar refractivity (Wildman–Crippen MR) is 75.7 cm³/mol. The molecule has 0 atom stereocenters. The number of nitrogens with one attached hydrogen (secondary N) is 1. The molecular weight excluding hydrogens is 284 g/mol. The Morgan fingerprint density at radius 2 is 2.11 bits per heavy atom. The summed E-state index contributed by atoms with van der Waals surface area (Å²) in [5.74, 6) is -0.127. The van der Waals surface area contributed by atoms with Gasteiger partial charge in [0.2, 0.25) is 10.0 Å². The van der Waals surface area contributed by atoms with E-state index in [1.165, 1.54) is 18.2 Å². The maximum atomic E-state index is 12.0. The van der Waals surface area contributed by atoms with Crippen molar-refractivity contribution in [3.8, 4) is 5.75 Å². The maximum absolute atomic E-state index is 12.0. The lowest BCUT2D eigenvalue weighted by Gasteiger charge is -2.07. The fourth-order valence-electron chi connectivity index (χ4n) is 1.55. The number of sulfonamides is 1. The van der Waals surface area contributed by atoms with Crippen LogP contribution in [0.25, 0.3) is 0 Å². The average Bonchev–Trinajstić information content (AvgIpc) is 2.85. The first-order valence-corrected chi connectivity index (χ1v) is 7.96. The second-order valence-electron chi connectivity index (χ2n) is 3.95. The van der Waals surface area contributed by atoms with Gasteiger partial charge in [-0.1, -0.05) is 6.07 Å². The highest BCUT2D eigenvalue weighted by Crippen LogP contribution is 2.22. The Bertz CT molecular complexity index is 652. The SMILES string of the molecule is Nc1cc(S(=O)(=O)NCCc2cccs2)ccc1O. The van der Waals surface area contributed by atoms with E-state index >= 15 is 0 Å². The molecule has 0 radical (unpaired) electrons. The van der Waals surface area contributed by atoms with Crippen LogP contribution in [0.15, 0.2) is 40.6 Å². The van der Waals surface area contributed by atoms with E-state index in [0.29, 0.717) is 13.0 Å². The van der Waals surface area contributed by atoms with Crippen molar-refractivity contribution < 1.29 is 13.5 Å². The first-order chi connectivity index (χ1) is 8.99. The van der Waals surface area contributed by atoms with Crippen molar-refractivity contribution in [1.82, 2.24) is 4.72 Å². The second kappa shape index (κ2) is 5.60. The van der Waals surface area contributed by atoms with E-state index in [-0.39, 0.29) is 16.3 Å². The minimum Gasteiger partial charge on any atom is -0.506 e. The van der Waals surface area contributed by atoms with Gasteiger partial charge in [-0.3, -0.25) is 0 Å². The summed E-state index contributed by atoms with van der Waals surface area (Å²) in [4.78, 5) is 1.17. The lowest BCUT2D eigenvalue weighted by Crippen LogP contribution is -2.25. The number of thiophene rings is 1. The summed E-state index contributed by atoms with van der Waals surface area (Å²) in [5, 5.41) is 11.2. The van der Waals surface area contributed by atoms with Crippen LogP contribution in [-0.4, -0.2) is 20.1 Å². The molecule has 5 nitrogen and oxygen atoms in total. The molecule has 0 spiro atoms. The molecule has 0 unspecified atom stereocenters. The summed E-state index contributed by atoms with van der Waals surface area (Å²) in [5.41, 5.74) is 5.53. The monoisotopic (exact) mass is 298 g/mol. The van der Waals surface area contributed by atoms with Gasteiger partial charge < -0.3 is 10.8 Å². The fourth-order valence-corrected chi connectivity index (χ4v) is 3.32. The quantitative estimate of drug-likeness (QED) is 0.577. The van der Waals surface area contributed by atoms with Gasteiger partial charge >= 0.3 is 0 Å². The van der Waals surface area contributed by atoms with Crippen LogP contribution in [0.4, 0.5) is 5.69 Å². The van der Waals surface area contributed by atoms with Gasteiger partial charge in [0.15, 0.2) is 0 Å². The molecule has 2 rings (SSSR count). The topological polar surface area (TPSA) is 92.4 Å². The van der Waals surface area contributed by atoms with Crippen molar-refractivity contribution in [3.63, 3.8) is 0 Å². The van der Waals surface area contributed by atoms with E-state index in [9.17, 15) is 13.5 Å². The molecule has 1 heterocycles. The second-order valence-corrected chi connectivity index (χ2v) is 6.75. The number of anilines is 1. The Hall–Kier alpha value is -1.57. The Morgan fingerprint density at radius 3 is 2.74 bits per heavy atom. The Labute approximate surface area is 115 Å². The molecule has 0 saturated carbocycles. The molecule has 4 N–H and O–H groups in total. The highest BCUT2D eigenvalue weighted by Gasteiger charge is 2.14. The molecule has 0 bridgehead atoms. The van der Waals surface area contributed by atoms with Crippen LogP contribution in [-0.2, 0) is 16.4 Å². The average molecular weight is 298 g/mol. The maximum Gasteiger partial charge on any atom is 0.240 e. The largest absolute Gasteiger partial charge is 0.506 e. The third-order valence-corrected chi connectivity index (χ3v) is 4.95. The van der Waals surface area contributed by atoms with Crippen LogP contribution in [0.3, 0.4) is 0 Å². The highest BCUT2D eigenvalue weighted by molar-refractivity contribution is 7.89. The number of phenols is 1. The van der Waals surface area contributed by atoms with Crippen molar-refractivity contribution in [2.45, 2.75) is 11.3 Å². The fraction of sp³-hybridized carbons (Fsp3) is 0.167. The van der Waals surface area contributed by atoms with Crippen LogP contribution in [0.1, 0.15) is 4.88 Å². The van der Waals surface area contributed by atoms with Crippen LogP contribution < -0.4 is 10.5 Å². The molecule has 0 aliphatic rings. The standard InChI is InChI=1S/C12H14N2O3S2/c13-11-8-10(3-4-12(11)15)19(16,17)14-6-5-9-2-1-7-18-9/h1-4,7-8,14-15H,5-6,13H2. The van der Waals surface area contributed by atoms with Gasteiger partial charge in [-0.25, -0.2) is 13.1 Å². The molecule has 1 aromatic carbocycles. The molecule has 0 aliphatic carbocycles. The number of rotatable bonds is 5. The third kappa shape index (κ3) is 3.46. The van der Waals surface area contributed by atoms with Crippen molar-refractivity contribution in [3.05, 3.63) is 40.6 Å². The summed E-state index contributed by atoms with van der Waals surface area (Å²) in [6.45, 7) is 0.323. The number of benzene rings is 1. The molecule has 19 heavy (non-hydrogen) atoms. The Kier molecular flexibility index (Phi) is 4.08. The summed E-state index contributed by atoms with van der Waals surface area (Å²) < 4.78 is 26.5. The molecule has 102 valence electrons. The third-order valence-electron chi connectivity index (χ3n) is 2.55. The normalized spacial score (nSPS) is 11.6. The van der Waals surface area contributed by atoms with Crippen molar-refractivity contribution in [2.75, 3.05) is 12.3 Å². The number of hydrogen-bond acceptors (Lipinski definition) is 5. The van der Waals surface area contributed by atoms with E-state index in [1.54, 1.807) is 11.3 Å². The van der Waals surface area contributed by atoms with Gasteiger partial charge in [0.1, 0.15) is 5.75 Å². The summed E-state index contributed by atoms with van der Waals surface area (Å²) >= 11 is 1.59. The van der Waals surface area contributed by atoms with Gasteiger partial charge in [0.05, 0.1) is 10.6 Å². The van der Waals surface area contributed by atoms with Crippen molar-refractivity contribution in [1.29, 1.82) is 0 Å². The lowest BCUT2D eigenvalue weighted by atomic mass is 10.3. The molecule has 0 amide bonds. The molecule has 2 aromatic rings. The van der Waals surface area contributed by atoms with Crippen LogP contribution in [0.2, 0.25) is 0 Å². The van der Waals surface area contributed by atoms with E-state index in [2.05, 4.69) is 4.72 Å². The van der Waals surface area contributed by atoms with Gasteiger partial charge in [-0.15, -0.1) is 11.3 Å². The molecule has 0 saturated heterocycles. The van der Waals surface area contributed by atoms with E-state index in [4.69, 9.17) is 5.73 Å². The Morgan fingerprint density at radius 1 is 1.32 bits per heavy atom. The van der Waals surface area contributed by atoms with E-state index in [1.807, 2.05) is 17.5 Å². The molecule has 1 aromatic heterocycles. The number of nitrogen functional groups attached to an aromatic ring is 1. The zero-order valence-electron chi connectivity index (χ0n) is 10.0. The van der Waals surface area contributed by atoms with Crippen molar-refractivity contribution >= 4 is 27.0 Å². The summed E-state index contributed by atoms with van der Waals surface area (Å²) in [6, 6.07) is 7.71. The zero-order chi connectivity index (χ0) is 13.9. The number of nitrogens with two attached hydrogens (primary N) is 1. The van der Waals surface area contributed by atoms with Crippen LogP contribution >= 0.6 is 11.3 Å². The molecule has 0 fully saturated rings. The highest BCUT2D eigenvalue weighted by atomic mass is 32.2. The summed E-state index contributed by atoms with van der Waals surface area (Å²) in [6.07, 6.45) is 0.643. The predicted octanol–water partition coefficient (Wildman–Crippen LogP) is 1.56. The lowest BCUT2D eigenvalue weighted by molar-refractivity contribution is 0.477. The molecule has 0 aliphatic heterocycles. The number of aromatic hydroxyl groups is 1. The minimum absolute atomic E-state index is 0.0427.